The standard InChI is InChI=1S/C15H26O5/c1-6-19-13(17)15(10-12(5)16,9-8-11(3)4)14(18)20-7-2/h11H,6-10H2,1-5H3. The molecule has 0 saturated carbocycles. The maximum absolute atomic E-state index is 12.3. The van der Waals surface area contributed by atoms with Gasteiger partial charge in [-0.2, -0.15) is 0 Å². The molecule has 5 nitrogen and oxygen atoms in total. The SMILES string of the molecule is CCOC(=O)C(CCC(C)C)(CC(C)=O)C(=O)OCC. The van der Waals surface area contributed by atoms with Gasteiger partial charge in [0.25, 0.3) is 0 Å². The molecule has 0 aliphatic rings. The van der Waals surface area contributed by atoms with Crippen molar-refractivity contribution in [2.45, 2.75) is 53.9 Å². The second-order valence-corrected chi connectivity index (χ2v) is 5.33. The van der Waals surface area contributed by atoms with E-state index in [0.29, 0.717) is 12.3 Å². The van der Waals surface area contributed by atoms with E-state index in [4.69, 9.17) is 9.47 Å². The first-order valence-corrected chi connectivity index (χ1v) is 7.14. The monoisotopic (exact) mass is 286 g/mol. The molecule has 0 bridgehead atoms. The molecule has 0 aromatic carbocycles. The molecule has 0 atom stereocenters. The van der Waals surface area contributed by atoms with E-state index in [-0.39, 0.29) is 31.8 Å². The average Bonchev–Trinajstić information content (AvgIpc) is 2.34. The van der Waals surface area contributed by atoms with Crippen LogP contribution in [0.1, 0.15) is 53.9 Å². The van der Waals surface area contributed by atoms with Crippen molar-refractivity contribution in [3.63, 3.8) is 0 Å². The second-order valence-electron chi connectivity index (χ2n) is 5.33. The van der Waals surface area contributed by atoms with Gasteiger partial charge in [0.05, 0.1) is 13.2 Å². The molecule has 0 aromatic rings. The number of ether oxygens (including phenoxy) is 2. The number of esters is 2. The highest BCUT2D eigenvalue weighted by molar-refractivity contribution is 6.03. The molecule has 0 aromatic heterocycles. The molecular formula is C15H26O5. The number of carbonyl (C=O) groups excluding carboxylic acids is 3. The molecule has 0 aliphatic heterocycles. The lowest BCUT2D eigenvalue weighted by Crippen LogP contribution is -2.43. The van der Waals surface area contributed by atoms with E-state index in [1.165, 1.54) is 6.92 Å². The van der Waals surface area contributed by atoms with Gasteiger partial charge >= 0.3 is 11.9 Å². The van der Waals surface area contributed by atoms with Gasteiger partial charge in [-0.15, -0.1) is 0 Å². The van der Waals surface area contributed by atoms with Crippen molar-refractivity contribution in [1.82, 2.24) is 0 Å². The predicted molar refractivity (Wildman–Crippen MR) is 75.1 cm³/mol. The quantitative estimate of drug-likeness (QED) is 0.481. The highest BCUT2D eigenvalue weighted by Crippen LogP contribution is 2.34. The topological polar surface area (TPSA) is 69.7 Å². The molecule has 0 aliphatic carbocycles. The third kappa shape index (κ3) is 5.31. The van der Waals surface area contributed by atoms with Crippen LogP contribution in [0.2, 0.25) is 0 Å². The minimum absolute atomic E-state index is 0.166. The number of Topliss-reactive ketones (excluding diaryl/α,β-unsaturated/α-hetero) is 1. The molecule has 0 fully saturated rings. The Balaban J connectivity index is 5.42. The zero-order valence-corrected chi connectivity index (χ0v) is 13.2. The Labute approximate surface area is 121 Å². The van der Waals surface area contributed by atoms with Crippen molar-refractivity contribution in [2.75, 3.05) is 13.2 Å². The van der Waals surface area contributed by atoms with Crippen LogP contribution in [-0.4, -0.2) is 30.9 Å². The minimum Gasteiger partial charge on any atom is -0.465 e. The normalized spacial score (nSPS) is 11.3. The lowest BCUT2D eigenvalue weighted by Gasteiger charge is -2.28. The Kier molecular flexibility index (Phi) is 8.11. The summed E-state index contributed by atoms with van der Waals surface area (Å²) in [6.07, 6.45) is 0.740. The summed E-state index contributed by atoms with van der Waals surface area (Å²) in [5.41, 5.74) is -1.50. The maximum Gasteiger partial charge on any atom is 0.323 e. The summed E-state index contributed by atoms with van der Waals surface area (Å²) in [4.78, 5) is 36.0. The fourth-order valence-corrected chi connectivity index (χ4v) is 2.02. The molecule has 116 valence electrons. The van der Waals surface area contributed by atoms with Crippen molar-refractivity contribution >= 4 is 17.7 Å². The van der Waals surface area contributed by atoms with Gasteiger partial charge in [-0.1, -0.05) is 13.8 Å². The van der Waals surface area contributed by atoms with Gasteiger partial charge in [0.2, 0.25) is 0 Å². The Morgan fingerprint density at radius 1 is 1.00 bits per heavy atom. The minimum atomic E-state index is -1.50. The highest BCUT2D eigenvalue weighted by atomic mass is 16.6. The van der Waals surface area contributed by atoms with Gasteiger partial charge < -0.3 is 9.47 Å². The van der Waals surface area contributed by atoms with Crippen LogP contribution >= 0.6 is 0 Å². The van der Waals surface area contributed by atoms with E-state index in [0.717, 1.165) is 0 Å². The van der Waals surface area contributed by atoms with Crippen LogP contribution in [0.3, 0.4) is 0 Å². The van der Waals surface area contributed by atoms with Crippen molar-refractivity contribution in [3.8, 4) is 0 Å². The Morgan fingerprint density at radius 3 is 1.75 bits per heavy atom. The Bertz CT molecular complexity index is 328. The largest absolute Gasteiger partial charge is 0.465 e. The summed E-state index contributed by atoms with van der Waals surface area (Å²) < 4.78 is 10.0. The lowest BCUT2D eigenvalue weighted by molar-refractivity contribution is -0.174. The maximum atomic E-state index is 12.3. The number of ketones is 1. The summed E-state index contributed by atoms with van der Waals surface area (Å²) >= 11 is 0. The van der Waals surface area contributed by atoms with Crippen LogP contribution in [0.25, 0.3) is 0 Å². The summed E-state index contributed by atoms with van der Waals surface area (Å²) in [7, 11) is 0. The fourth-order valence-electron chi connectivity index (χ4n) is 2.02. The second kappa shape index (κ2) is 8.72. The first kappa shape index (κ1) is 18.6. The summed E-state index contributed by atoms with van der Waals surface area (Å²) in [5.74, 6) is -1.23. The molecule has 0 spiro atoms. The number of hydrogen-bond acceptors (Lipinski definition) is 5. The summed E-state index contributed by atoms with van der Waals surface area (Å²) in [5, 5.41) is 0. The Hall–Kier alpha value is -1.39. The van der Waals surface area contributed by atoms with E-state index in [1.54, 1.807) is 13.8 Å². The van der Waals surface area contributed by atoms with Crippen LogP contribution in [0.15, 0.2) is 0 Å². The van der Waals surface area contributed by atoms with Gasteiger partial charge in [0.1, 0.15) is 5.78 Å². The van der Waals surface area contributed by atoms with E-state index < -0.39 is 17.4 Å². The summed E-state index contributed by atoms with van der Waals surface area (Å²) in [6.45, 7) is 9.03. The molecule has 0 rings (SSSR count). The smallest absolute Gasteiger partial charge is 0.323 e. The van der Waals surface area contributed by atoms with Crippen LogP contribution < -0.4 is 0 Å². The van der Waals surface area contributed by atoms with Gasteiger partial charge in [-0.25, -0.2) is 0 Å². The van der Waals surface area contributed by atoms with E-state index in [9.17, 15) is 14.4 Å². The molecule has 5 heteroatoms. The highest BCUT2D eigenvalue weighted by Gasteiger charge is 2.49. The third-order valence-corrected chi connectivity index (χ3v) is 3.03. The van der Waals surface area contributed by atoms with Crippen LogP contribution in [0, 0.1) is 11.3 Å². The number of hydrogen-bond donors (Lipinski definition) is 0. The molecule has 0 heterocycles. The molecule has 20 heavy (non-hydrogen) atoms. The van der Waals surface area contributed by atoms with Gasteiger partial charge in [-0.05, 0) is 39.5 Å². The van der Waals surface area contributed by atoms with E-state index in [2.05, 4.69) is 0 Å². The van der Waals surface area contributed by atoms with Gasteiger partial charge in [0.15, 0.2) is 5.41 Å². The van der Waals surface area contributed by atoms with Crippen LogP contribution in [0.5, 0.6) is 0 Å². The first-order valence-electron chi connectivity index (χ1n) is 7.14. The summed E-state index contributed by atoms with van der Waals surface area (Å²) in [6, 6.07) is 0. The zero-order valence-electron chi connectivity index (χ0n) is 13.2. The van der Waals surface area contributed by atoms with Crippen molar-refractivity contribution < 1.29 is 23.9 Å². The van der Waals surface area contributed by atoms with Crippen molar-refractivity contribution in [2.24, 2.45) is 11.3 Å². The lowest BCUT2D eigenvalue weighted by atomic mass is 9.77. The third-order valence-electron chi connectivity index (χ3n) is 3.03. The first-order chi connectivity index (χ1) is 9.30. The van der Waals surface area contributed by atoms with E-state index in [1.807, 2.05) is 13.8 Å². The van der Waals surface area contributed by atoms with Crippen LogP contribution in [-0.2, 0) is 23.9 Å². The zero-order chi connectivity index (χ0) is 15.8. The molecule has 0 amide bonds. The predicted octanol–water partition coefficient (Wildman–Crippen LogP) is 2.51. The Morgan fingerprint density at radius 2 is 1.45 bits per heavy atom. The molecule has 0 saturated heterocycles. The fraction of sp³-hybridized carbons (Fsp3) is 0.800. The van der Waals surface area contributed by atoms with Gasteiger partial charge in [-0.3, -0.25) is 14.4 Å². The molecule has 0 radical (unpaired) electrons. The number of carbonyl (C=O) groups is 3. The molecular weight excluding hydrogens is 260 g/mol. The molecule has 0 unspecified atom stereocenters. The van der Waals surface area contributed by atoms with E-state index >= 15 is 0 Å². The number of rotatable bonds is 9. The van der Waals surface area contributed by atoms with Gasteiger partial charge in [0, 0.05) is 6.42 Å². The van der Waals surface area contributed by atoms with Crippen LogP contribution in [0.4, 0.5) is 0 Å². The average molecular weight is 286 g/mol. The van der Waals surface area contributed by atoms with Crippen molar-refractivity contribution in [3.05, 3.63) is 0 Å². The van der Waals surface area contributed by atoms with Crippen molar-refractivity contribution in [1.29, 1.82) is 0 Å². The molecule has 0 N–H and O–H groups in total.